The molecule has 1 rings (SSSR count). The van der Waals surface area contributed by atoms with Crippen LogP contribution in [-0.4, -0.2) is 41.9 Å². The van der Waals surface area contributed by atoms with Crippen LogP contribution in [0.3, 0.4) is 0 Å². The van der Waals surface area contributed by atoms with Gasteiger partial charge in [-0.2, -0.15) is 0 Å². The van der Waals surface area contributed by atoms with Crippen LogP contribution in [0.5, 0.6) is 0 Å². The van der Waals surface area contributed by atoms with Crippen LogP contribution >= 0.6 is 30.3 Å². The minimum Gasteiger partial charge on any atom is -0.301 e. The summed E-state index contributed by atoms with van der Waals surface area (Å²) in [5.74, 6) is 0. The molecule has 0 saturated carbocycles. The standard InChI is InChI=1S/C6H13IN2S/c1-2-8-3-5-9(10-7)6-4-8/h2-6H2,1H3. The maximum Gasteiger partial charge on any atom is 0.0225 e. The number of hydrogen-bond acceptors (Lipinski definition) is 3. The zero-order valence-electron chi connectivity index (χ0n) is 6.22. The number of hydrogen-bond donors (Lipinski definition) is 0. The Hall–Kier alpha value is 1.00. The van der Waals surface area contributed by atoms with Gasteiger partial charge in [0.2, 0.25) is 0 Å². The van der Waals surface area contributed by atoms with Gasteiger partial charge >= 0.3 is 0 Å². The molecule has 2 nitrogen and oxygen atoms in total. The molecule has 0 radical (unpaired) electrons. The molecule has 1 aliphatic rings. The van der Waals surface area contributed by atoms with Gasteiger partial charge in [0.15, 0.2) is 0 Å². The Morgan fingerprint density at radius 2 is 1.90 bits per heavy atom. The molecule has 0 aromatic rings. The van der Waals surface area contributed by atoms with Crippen molar-refractivity contribution >= 4 is 30.3 Å². The molecule has 0 bridgehead atoms. The van der Waals surface area contributed by atoms with Gasteiger partial charge in [-0.25, -0.2) is 4.31 Å². The summed E-state index contributed by atoms with van der Waals surface area (Å²) in [4.78, 5) is 2.49. The average molecular weight is 272 g/mol. The largest absolute Gasteiger partial charge is 0.301 e. The first kappa shape index (κ1) is 9.09. The fraction of sp³-hybridized carbons (Fsp3) is 1.00. The molecule has 0 amide bonds. The average Bonchev–Trinajstić information content (AvgIpc) is 2.05. The van der Waals surface area contributed by atoms with Gasteiger partial charge in [-0.1, -0.05) is 6.92 Å². The van der Waals surface area contributed by atoms with Crippen LogP contribution in [0.4, 0.5) is 0 Å². The number of likely N-dealkylation sites (N-methyl/N-ethyl adjacent to an activating group) is 1. The Kier molecular flexibility index (Phi) is 4.36. The first-order valence-electron chi connectivity index (χ1n) is 3.63. The zero-order valence-corrected chi connectivity index (χ0v) is 9.19. The smallest absolute Gasteiger partial charge is 0.0225 e. The highest BCUT2D eigenvalue weighted by Gasteiger charge is 2.13. The Balaban J connectivity index is 2.17. The van der Waals surface area contributed by atoms with Gasteiger partial charge in [0.25, 0.3) is 0 Å². The number of piperazine rings is 1. The van der Waals surface area contributed by atoms with Crippen LogP contribution in [0.2, 0.25) is 0 Å². The van der Waals surface area contributed by atoms with Crippen molar-refractivity contribution in [3.63, 3.8) is 0 Å². The van der Waals surface area contributed by atoms with Crippen LogP contribution in [-0.2, 0) is 0 Å². The quantitative estimate of drug-likeness (QED) is 0.557. The zero-order chi connectivity index (χ0) is 7.40. The molecule has 1 heterocycles. The molecule has 0 N–H and O–H groups in total. The second-order valence-electron chi connectivity index (χ2n) is 2.43. The first-order chi connectivity index (χ1) is 4.86. The fourth-order valence-electron chi connectivity index (χ4n) is 1.11. The summed E-state index contributed by atoms with van der Waals surface area (Å²) in [6, 6.07) is 0. The summed E-state index contributed by atoms with van der Waals surface area (Å²) < 4.78 is 2.41. The highest BCUT2D eigenvalue weighted by molar-refractivity contribution is 14.2. The summed E-state index contributed by atoms with van der Waals surface area (Å²) in [7, 11) is 1.83. The molecule has 1 saturated heterocycles. The van der Waals surface area contributed by atoms with Gasteiger partial charge < -0.3 is 4.90 Å². The van der Waals surface area contributed by atoms with E-state index in [2.05, 4.69) is 37.3 Å². The molecule has 10 heavy (non-hydrogen) atoms. The Bertz CT molecular complexity index is 81.7. The van der Waals surface area contributed by atoms with E-state index >= 15 is 0 Å². The van der Waals surface area contributed by atoms with E-state index in [1.54, 1.807) is 0 Å². The molecule has 0 aromatic heterocycles. The maximum absolute atomic E-state index is 2.49. The van der Waals surface area contributed by atoms with Crippen LogP contribution in [0, 0.1) is 0 Å². The lowest BCUT2D eigenvalue weighted by Crippen LogP contribution is -2.42. The molecule has 60 valence electrons. The van der Waals surface area contributed by atoms with E-state index in [4.69, 9.17) is 0 Å². The summed E-state index contributed by atoms with van der Waals surface area (Å²) in [6.07, 6.45) is 0. The lowest BCUT2D eigenvalue weighted by molar-refractivity contribution is 0.206. The lowest BCUT2D eigenvalue weighted by Gasteiger charge is -2.31. The predicted molar refractivity (Wildman–Crippen MR) is 55.3 cm³/mol. The van der Waals surface area contributed by atoms with Gasteiger partial charge in [-0.05, 0) is 15.7 Å². The molecular formula is C6H13IN2S. The second kappa shape index (κ2) is 4.79. The Labute approximate surface area is 79.0 Å². The molecule has 0 atom stereocenters. The fourth-order valence-corrected chi connectivity index (χ4v) is 2.60. The van der Waals surface area contributed by atoms with Crippen molar-refractivity contribution in [2.24, 2.45) is 0 Å². The summed E-state index contributed by atoms with van der Waals surface area (Å²) in [5, 5.41) is 0. The molecule has 0 unspecified atom stereocenters. The molecule has 1 fully saturated rings. The van der Waals surface area contributed by atoms with Crippen molar-refractivity contribution in [3.8, 4) is 0 Å². The van der Waals surface area contributed by atoms with Crippen molar-refractivity contribution in [1.29, 1.82) is 0 Å². The van der Waals surface area contributed by atoms with Gasteiger partial charge in [-0.15, -0.1) is 0 Å². The second-order valence-corrected chi connectivity index (χ2v) is 4.27. The normalized spacial score (nSPS) is 23.4. The van der Waals surface area contributed by atoms with Crippen LogP contribution in [0.15, 0.2) is 0 Å². The topological polar surface area (TPSA) is 6.48 Å². The van der Waals surface area contributed by atoms with E-state index in [0.717, 1.165) is 0 Å². The van der Waals surface area contributed by atoms with E-state index in [0.29, 0.717) is 0 Å². The minimum absolute atomic E-state index is 1.21. The molecule has 0 aliphatic carbocycles. The third-order valence-corrected chi connectivity index (χ3v) is 4.11. The van der Waals surface area contributed by atoms with Gasteiger partial charge in [-0.3, -0.25) is 0 Å². The van der Waals surface area contributed by atoms with E-state index in [1.807, 2.05) is 9.12 Å². The predicted octanol–water partition coefficient (Wildman–Crippen LogP) is 1.62. The molecule has 4 heteroatoms. The number of halogens is 1. The van der Waals surface area contributed by atoms with Crippen molar-refractivity contribution in [2.45, 2.75) is 6.92 Å². The third-order valence-electron chi connectivity index (χ3n) is 1.88. The summed E-state index contributed by atoms with van der Waals surface area (Å²) in [5.41, 5.74) is 0. The summed E-state index contributed by atoms with van der Waals surface area (Å²) in [6.45, 7) is 8.37. The van der Waals surface area contributed by atoms with E-state index in [9.17, 15) is 0 Å². The SMILES string of the molecule is CCN1CCN(SI)CC1. The van der Waals surface area contributed by atoms with Crippen LogP contribution in [0.25, 0.3) is 0 Å². The first-order valence-corrected chi connectivity index (χ1v) is 6.94. The number of nitrogens with zero attached hydrogens (tertiary/aromatic N) is 2. The molecular weight excluding hydrogens is 259 g/mol. The van der Waals surface area contributed by atoms with Crippen LogP contribution in [0.1, 0.15) is 6.92 Å². The summed E-state index contributed by atoms with van der Waals surface area (Å²) >= 11 is 2.35. The van der Waals surface area contributed by atoms with Crippen molar-refractivity contribution in [3.05, 3.63) is 0 Å². The van der Waals surface area contributed by atoms with Crippen molar-refractivity contribution in [2.75, 3.05) is 32.7 Å². The molecule has 1 aliphatic heterocycles. The number of rotatable bonds is 2. The van der Waals surface area contributed by atoms with Crippen molar-refractivity contribution in [1.82, 2.24) is 9.21 Å². The highest BCUT2D eigenvalue weighted by Crippen LogP contribution is 2.19. The molecule has 0 aromatic carbocycles. The Morgan fingerprint density at radius 3 is 2.30 bits per heavy atom. The third kappa shape index (κ3) is 2.56. The monoisotopic (exact) mass is 272 g/mol. The van der Waals surface area contributed by atoms with E-state index < -0.39 is 0 Å². The van der Waals surface area contributed by atoms with Gasteiger partial charge in [0, 0.05) is 47.4 Å². The molecule has 0 spiro atoms. The Morgan fingerprint density at radius 1 is 1.30 bits per heavy atom. The lowest BCUT2D eigenvalue weighted by atomic mass is 10.4. The van der Waals surface area contributed by atoms with Gasteiger partial charge in [0.05, 0.1) is 0 Å². The van der Waals surface area contributed by atoms with E-state index in [1.165, 1.54) is 32.7 Å². The highest BCUT2D eigenvalue weighted by atomic mass is 127. The van der Waals surface area contributed by atoms with Crippen molar-refractivity contribution < 1.29 is 0 Å². The van der Waals surface area contributed by atoms with Crippen LogP contribution < -0.4 is 0 Å². The minimum atomic E-state index is 1.21. The van der Waals surface area contributed by atoms with Gasteiger partial charge in [0.1, 0.15) is 0 Å². The van der Waals surface area contributed by atoms with E-state index in [-0.39, 0.29) is 0 Å². The maximum atomic E-state index is 2.49.